The van der Waals surface area contributed by atoms with E-state index in [-0.39, 0.29) is 5.69 Å². The van der Waals surface area contributed by atoms with E-state index in [1.807, 2.05) is 11.8 Å². The predicted molar refractivity (Wildman–Crippen MR) is 66.6 cm³/mol. The molecule has 1 heterocycles. The number of nitro groups is 1. The molecule has 1 aromatic heterocycles. The summed E-state index contributed by atoms with van der Waals surface area (Å²) in [5.74, 6) is 0.409. The van der Waals surface area contributed by atoms with Gasteiger partial charge in [0.1, 0.15) is 5.15 Å². The first kappa shape index (κ1) is 12.1. The number of nitrogens with zero attached hydrogens (tertiary/aromatic N) is 3. The lowest BCUT2D eigenvalue weighted by molar-refractivity contribution is -0.384. The highest BCUT2D eigenvalue weighted by molar-refractivity contribution is 6.29. The Bertz CT molecular complexity index is 435. The van der Waals surface area contributed by atoms with Gasteiger partial charge in [0, 0.05) is 18.7 Å². The van der Waals surface area contributed by atoms with Gasteiger partial charge in [0.2, 0.25) is 5.82 Å². The maximum atomic E-state index is 11.0. The molecular weight excluding hydrogens is 242 g/mol. The van der Waals surface area contributed by atoms with E-state index >= 15 is 0 Å². The Morgan fingerprint density at radius 2 is 2.29 bits per heavy atom. The largest absolute Gasteiger partial charge is 0.348 e. The van der Waals surface area contributed by atoms with Gasteiger partial charge in [-0.2, -0.15) is 0 Å². The van der Waals surface area contributed by atoms with Crippen LogP contribution >= 0.6 is 11.6 Å². The topological polar surface area (TPSA) is 59.3 Å². The molecule has 17 heavy (non-hydrogen) atoms. The molecule has 0 saturated heterocycles. The molecule has 92 valence electrons. The average Bonchev–Trinajstić information content (AvgIpc) is 3.09. The summed E-state index contributed by atoms with van der Waals surface area (Å²) >= 11 is 5.83. The van der Waals surface area contributed by atoms with Crippen LogP contribution < -0.4 is 4.90 Å². The Kier molecular flexibility index (Phi) is 3.47. The van der Waals surface area contributed by atoms with Crippen LogP contribution in [0.15, 0.2) is 12.1 Å². The third-order valence-corrected chi connectivity index (χ3v) is 2.95. The van der Waals surface area contributed by atoms with Gasteiger partial charge in [-0.25, -0.2) is 4.98 Å². The fourth-order valence-electron chi connectivity index (χ4n) is 1.86. The summed E-state index contributed by atoms with van der Waals surface area (Å²) in [6.45, 7) is 2.82. The lowest BCUT2D eigenvalue weighted by atomic mass is 10.3. The first-order valence-corrected chi connectivity index (χ1v) is 6.09. The quantitative estimate of drug-likeness (QED) is 0.461. The molecule has 2 rings (SSSR count). The molecule has 1 saturated carbocycles. The van der Waals surface area contributed by atoms with E-state index in [4.69, 9.17) is 11.6 Å². The minimum atomic E-state index is -0.399. The SMILES string of the molecule is CCCN(c1nc(Cl)ccc1[N+](=O)[O-])C1CC1. The smallest absolute Gasteiger partial charge is 0.311 e. The summed E-state index contributed by atoms with van der Waals surface area (Å²) in [7, 11) is 0. The zero-order chi connectivity index (χ0) is 12.4. The standard InChI is InChI=1S/C11H14ClN3O2/c1-2-7-14(8-3-4-8)11-9(15(16)17)5-6-10(12)13-11/h5-6,8H,2-4,7H2,1H3. The van der Waals surface area contributed by atoms with Crippen molar-refractivity contribution in [1.82, 2.24) is 4.98 Å². The number of hydrogen-bond donors (Lipinski definition) is 0. The highest BCUT2D eigenvalue weighted by atomic mass is 35.5. The van der Waals surface area contributed by atoms with Crippen LogP contribution in [0.1, 0.15) is 26.2 Å². The number of rotatable bonds is 5. The number of aromatic nitrogens is 1. The minimum absolute atomic E-state index is 0.0368. The fraction of sp³-hybridized carbons (Fsp3) is 0.545. The molecule has 1 aliphatic rings. The summed E-state index contributed by atoms with van der Waals surface area (Å²) < 4.78 is 0. The third-order valence-electron chi connectivity index (χ3n) is 2.74. The van der Waals surface area contributed by atoms with E-state index in [0.29, 0.717) is 17.0 Å². The number of hydrogen-bond acceptors (Lipinski definition) is 4. The van der Waals surface area contributed by atoms with Gasteiger partial charge >= 0.3 is 5.69 Å². The van der Waals surface area contributed by atoms with Gasteiger partial charge < -0.3 is 4.90 Å². The predicted octanol–water partition coefficient (Wildman–Crippen LogP) is 3.02. The highest BCUT2D eigenvalue weighted by Gasteiger charge is 2.33. The van der Waals surface area contributed by atoms with Crippen LogP contribution in [0.5, 0.6) is 0 Å². The Hall–Kier alpha value is -1.36. The zero-order valence-corrected chi connectivity index (χ0v) is 10.4. The summed E-state index contributed by atoms with van der Waals surface area (Å²) in [6, 6.07) is 3.27. The van der Waals surface area contributed by atoms with Gasteiger partial charge in [-0.15, -0.1) is 0 Å². The first-order chi connectivity index (χ1) is 8.13. The summed E-state index contributed by atoms with van der Waals surface area (Å²) in [5, 5.41) is 11.3. The van der Waals surface area contributed by atoms with Crippen LogP contribution in [0.25, 0.3) is 0 Å². The van der Waals surface area contributed by atoms with Crippen LogP contribution in [0, 0.1) is 10.1 Å². The maximum absolute atomic E-state index is 11.0. The van der Waals surface area contributed by atoms with E-state index in [0.717, 1.165) is 25.8 Å². The molecule has 1 fully saturated rings. The molecule has 6 heteroatoms. The molecule has 0 N–H and O–H groups in total. The minimum Gasteiger partial charge on any atom is -0.348 e. The van der Waals surface area contributed by atoms with E-state index in [9.17, 15) is 10.1 Å². The van der Waals surface area contributed by atoms with Crippen LogP contribution in [0.3, 0.4) is 0 Å². The van der Waals surface area contributed by atoms with Gasteiger partial charge in [0.25, 0.3) is 0 Å². The van der Waals surface area contributed by atoms with Gasteiger partial charge in [-0.3, -0.25) is 10.1 Å². The van der Waals surface area contributed by atoms with Crippen molar-refractivity contribution in [2.75, 3.05) is 11.4 Å². The maximum Gasteiger partial charge on any atom is 0.311 e. The number of pyridine rings is 1. The average molecular weight is 256 g/mol. The Morgan fingerprint density at radius 1 is 1.59 bits per heavy atom. The van der Waals surface area contributed by atoms with E-state index in [1.54, 1.807) is 0 Å². The van der Waals surface area contributed by atoms with Gasteiger partial charge in [-0.05, 0) is 25.3 Å². The van der Waals surface area contributed by atoms with Crippen molar-refractivity contribution in [1.29, 1.82) is 0 Å². The van der Waals surface area contributed by atoms with E-state index in [1.165, 1.54) is 12.1 Å². The molecule has 0 spiro atoms. The summed E-state index contributed by atoms with van der Waals surface area (Å²) in [4.78, 5) is 16.7. The van der Waals surface area contributed by atoms with Crippen molar-refractivity contribution in [3.8, 4) is 0 Å². The molecule has 0 aliphatic heterocycles. The second-order valence-corrected chi connectivity index (χ2v) is 4.55. The van der Waals surface area contributed by atoms with Gasteiger partial charge in [0.15, 0.2) is 0 Å². The van der Waals surface area contributed by atoms with Gasteiger partial charge in [-0.1, -0.05) is 18.5 Å². The molecule has 5 nitrogen and oxygen atoms in total. The van der Waals surface area contributed by atoms with Crippen LogP contribution in [-0.4, -0.2) is 22.5 Å². The van der Waals surface area contributed by atoms with Crippen molar-refractivity contribution in [2.24, 2.45) is 0 Å². The molecule has 0 aromatic carbocycles. The lowest BCUT2D eigenvalue weighted by Gasteiger charge is -2.22. The van der Waals surface area contributed by atoms with Crippen molar-refractivity contribution in [3.63, 3.8) is 0 Å². The molecule has 0 unspecified atom stereocenters. The Balaban J connectivity index is 2.39. The van der Waals surface area contributed by atoms with Crippen LogP contribution in [-0.2, 0) is 0 Å². The highest BCUT2D eigenvalue weighted by Crippen LogP contribution is 2.36. The van der Waals surface area contributed by atoms with Crippen LogP contribution in [0.2, 0.25) is 5.15 Å². The summed E-state index contributed by atoms with van der Waals surface area (Å²) in [6.07, 6.45) is 3.08. The first-order valence-electron chi connectivity index (χ1n) is 5.71. The van der Waals surface area contributed by atoms with Crippen molar-refractivity contribution >= 4 is 23.1 Å². The van der Waals surface area contributed by atoms with Crippen molar-refractivity contribution < 1.29 is 4.92 Å². The van der Waals surface area contributed by atoms with E-state index < -0.39 is 4.92 Å². The third kappa shape index (κ3) is 2.66. The van der Waals surface area contributed by atoms with Crippen molar-refractivity contribution in [2.45, 2.75) is 32.2 Å². The molecule has 1 aromatic rings. The van der Waals surface area contributed by atoms with Gasteiger partial charge in [0.05, 0.1) is 4.92 Å². The molecule has 0 amide bonds. The molecule has 0 atom stereocenters. The monoisotopic (exact) mass is 255 g/mol. The fourth-order valence-corrected chi connectivity index (χ4v) is 2.00. The van der Waals surface area contributed by atoms with Crippen LogP contribution in [0.4, 0.5) is 11.5 Å². The normalized spacial score (nSPS) is 14.7. The zero-order valence-electron chi connectivity index (χ0n) is 9.60. The molecule has 1 aliphatic carbocycles. The molecular formula is C11H14ClN3O2. The second-order valence-electron chi connectivity index (χ2n) is 4.16. The number of halogens is 1. The van der Waals surface area contributed by atoms with E-state index in [2.05, 4.69) is 4.98 Å². The number of anilines is 1. The Labute approximate surface area is 105 Å². The second kappa shape index (κ2) is 4.87. The summed E-state index contributed by atoms with van der Waals surface area (Å²) in [5.41, 5.74) is 0.0368. The molecule has 0 radical (unpaired) electrons. The van der Waals surface area contributed by atoms with Crippen molar-refractivity contribution in [3.05, 3.63) is 27.4 Å². The Morgan fingerprint density at radius 3 is 2.82 bits per heavy atom. The lowest BCUT2D eigenvalue weighted by Crippen LogP contribution is -2.28. The molecule has 0 bridgehead atoms.